The van der Waals surface area contributed by atoms with Crippen molar-refractivity contribution >= 4 is 16.8 Å². The van der Waals surface area contributed by atoms with Crippen molar-refractivity contribution in [2.75, 3.05) is 0 Å². The lowest BCUT2D eigenvalue weighted by atomic mass is 10.1. The van der Waals surface area contributed by atoms with Gasteiger partial charge in [0.1, 0.15) is 0 Å². The van der Waals surface area contributed by atoms with Crippen LogP contribution in [0.2, 0.25) is 0 Å². The minimum Gasteiger partial charge on any atom is -0.360 e. The van der Waals surface area contributed by atoms with Gasteiger partial charge in [0, 0.05) is 34.9 Å². The second kappa shape index (κ2) is 5.52. The Morgan fingerprint density at radius 3 is 2.77 bits per heavy atom. The highest BCUT2D eigenvalue weighted by atomic mass is 16.1. The predicted molar refractivity (Wildman–Crippen MR) is 86.0 cm³/mol. The summed E-state index contributed by atoms with van der Waals surface area (Å²) < 4.78 is 0. The molecule has 3 N–H and O–H groups in total. The topological polar surface area (TPSA) is 77.8 Å². The highest BCUT2D eigenvalue weighted by Gasteiger charge is 2.13. The number of aromatic nitrogens is 2. The van der Waals surface area contributed by atoms with Gasteiger partial charge in [0.2, 0.25) is 0 Å². The number of nitrogens with one attached hydrogen (secondary N) is 3. The molecule has 1 aromatic carbocycles. The Labute approximate surface area is 127 Å². The largest absolute Gasteiger partial charge is 0.360 e. The molecule has 1 amide bonds. The third-order valence-electron chi connectivity index (χ3n) is 3.75. The van der Waals surface area contributed by atoms with Crippen LogP contribution in [0, 0.1) is 13.8 Å². The van der Waals surface area contributed by atoms with Gasteiger partial charge in [-0.05, 0) is 31.5 Å². The summed E-state index contributed by atoms with van der Waals surface area (Å²) in [5.41, 5.74) is 3.61. The summed E-state index contributed by atoms with van der Waals surface area (Å²) in [4.78, 5) is 30.1. The van der Waals surface area contributed by atoms with Crippen molar-refractivity contribution in [3.63, 3.8) is 0 Å². The highest BCUT2D eigenvalue weighted by molar-refractivity contribution is 6.06. The van der Waals surface area contributed by atoms with Crippen LogP contribution in [0.5, 0.6) is 0 Å². The number of rotatable bonds is 3. The van der Waals surface area contributed by atoms with Gasteiger partial charge in [-0.1, -0.05) is 18.2 Å². The lowest BCUT2D eigenvalue weighted by Gasteiger charge is -2.07. The smallest absolute Gasteiger partial charge is 0.253 e. The molecule has 2 heterocycles. The number of pyridine rings is 1. The number of amides is 1. The fourth-order valence-electron chi connectivity index (χ4n) is 2.62. The second-order valence-corrected chi connectivity index (χ2v) is 5.37. The number of fused-ring (bicyclic) bond motifs is 1. The van der Waals surface area contributed by atoms with Crippen LogP contribution in [0.25, 0.3) is 10.9 Å². The first-order chi connectivity index (χ1) is 10.6. The normalized spacial score (nSPS) is 10.8. The summed E-state index contributed by atoms with van der Waals surface area (Å²) in [6.07, 6.45) is 1.69. The standard InChI is InChI=1S/C17H17N3O2/c1-10-7-11(2)20-17(22)13(10)8-19-16(21)14-9-18-15-6-4-3-5-12(14)15/h3-7,9,18H,8H2,1-2H3,(H,19,21)(H,20,22). The van der Waals surface area contributed by atoms with E-state index in [-0.39, 0.29) is 18.0 Å². The molecule has 0 aliphatic rings. The minimum atomic E-state index is -0.197. The average Bonchev–Trinajstić information content (AvgIpc) is 2.90. The lowest BCUT2D eigenvalue weighted by molar-refractivity contribution is 0.0952. The highest BCUT2D eigenvalue weighted by Crippen LogP contribution is 2.17. The van der Waals surface area contributed by atoms with Gasteiger partial charge in [0.15, 0.2) is 0 Å². The molecule has 0 fully saturated rings. The van der Waals surface area contributed by atoms with Gasteiger partial charge in [-0.25, -0.2) is 0 Å². The molecule has 3 rings (SSSR count). The lowest BCUT2D eigenvalue weighted by Crippen LogP contribution is -2.27. The predicted octanol–water partition coefficient (Wildman–Crippen LogP) is 2.40. The first kappa shape index (κ1) is 14.1. The number of carbonyl (C=O) groups is 1. The summed E-state index contributed by atoms with van der Waals surface area (Å²) in [5.74, 6) is -0.197. The first-order valence-electron chi connectivity index (χ1n) is 7.10. The van der Waals surface area contributed by atoms with Crippen LogP contribution in [0.1, 0.15) is 27.2 Å². The second-order valence-electron chi connectivity index (χ2n) is 5.37. The third kappa shape index (κ3) is 2.53. The van der Waals surface area contributed by atoms with E-state index in [1.54, 1.807) is 6.20 Å². The van der Waals surface area contributed by atoms with E-state index < -0.39 is 0 Å². The summed E-state index contributed by atoms with van der Waals surface area (Å²) in [5, 5.41) is 3.69. The Morgan fingerprint density at radius 1 is 1.23 bits per heavy atom. The summed E-state index contributed by atoms with van der Waals surface area (Å²) in [7, 11) is 0. The fraction of sp³-hybridized carbons (Fsp3) is 0.176. The molecule has 0 aliphatic heterocycles. The molecule has 0 spiro atoms. The molecule has 0 bridgehead atoms. The molecule has 5 heteroatoms. The van der Waals surface area contributed by atoms with Crippen molar-refractivity contribution in [1.82, 2.24) is 15.3 Å². The summed E-state index contributed by atoms with van der Waals surface area (Å²) in [6, 6.07) is 9.51. The SMILES string of the molecule is Cc1cc(C)c(CNC(=O)c2c[nH]c3ccccc23)c(=O)[nH]1. The molecule has 0 radical (unpaired) electrons. The van der Waals surface area contributed by atoms with Crippen LogP contribution in [0.3, 0.4) is 0 Å². The summed E-state index contributed by atoms with van der Waals surface area (Å²) in [6.45, 7) is 3.91. The van der Waals surface area contributed by atoms with Gasteiger partial charge in [-0.2, -0.15) is 0 Å². The van der Waals surface area contributed by atoms with E-state index in [2.05, 4.69) is 15.3 Å². The molecule has 5 nitrogen and oxygen atoms in total. The first-order valence-corrected chi connectivity index (χ1v) is 7.10. The van der Waals surface area contributed by atoms with Crippen LogP contribution >= 0.6 is 0 Å². The zero-order valence-corrected chi connectivity index (χ0v) is 12.5. The maximum absolute atomic E-state index is 12.3. The number of hydrogen-bond acceptors (Lipinski definition) is 2. The van der Waals surface area contributed by atoms with Crippen LogP contribution in [-0.4, -0.2) is 15.9 Å². The van der Waals surface area contributed by atoms with Gasteiger partial charge < -0.3 is 15.3 Å². The number of hydrogen-bond donors (Lipinski definition) is 3. The molecule has 112 valence electrons. The molecular formula is C17H17N3O2. The Bertz CT molecular complexity index is 906. The Hall–Kier alpha value is -2.82. The number of para-hydroxylation sites is 1. The Kier molecular flexibility index (Phi) is 3.55. The molecule has 3 aromatic rings. The van der Waals surface area contributed by atoms with E-state index in [1.807, 2.05) is 44.2 Å². The van der Waals surface area contributed by atoms with Crippen molar-refractivity contribution in [2.24, 2.45) is 0 Å². The fourth-order valence-corrected chi connectivity index (χ4v) is 2.62. The molecule has 0 atom stereocenters. The molecule has 22 heavy (non-hydrogen) atoms. The zero-order valence-electron chi connectivity index (χ0n) is 12.5. The van der Waals surface area contributed by atoms with E-state index in [9.17, 15) is 9.59 Å². The Morgan fingerprint density at radius 2 is 2.00 bits per heavy atom. The monoisotopic (exact) mass is 295 g/mol. The molecule has 0 unspecified atom stereocenters. The summed E-state index contributed by atoms with van der Waals surface area (Å²) >= 11 is 0. The van der Waals surface area contributed by atoms with Crippen molar-refractivity contribution < 1.29 is 4.79 Å². The zero-order chi connectivity index (χ0) is 15.7. The van der Waals surface area contributed by atoms with Gasteiger partial charge in [0.25, 0.3) is 11.5 Å². The number of H-pyrrole nitrogens is 2. The van der Waals surface area contributed by atoms with Crippen LogP contribution < -0.4 is 10.9 Å². The van der Waals surface area contributed by atoms with E-state index in [0.29, 0.717) is 11.1 Å². The van der Waals surface area contributed by atoms with Gasteiger partial charge in [0.05, 0.1) is 5.56 Å². The third-order valence-corrected chi connectivity index (χ3v) is 3.75. The number of carbonyl (C=O) groups excluding carboxylic acids is 1. The van der Waals surface area contributed by atoms with Crippen molar-refractivity contribution in [3.8, 4) is 0 Å². The maximum atomic E-state index is 12.3. The number of aromatic amines is 2. The van der Waals surface area contributed by atoms with Crippen LogP contribution in [0.15, 0.2) is 41.3 Å². The average molecular weight is 295 g/mol. The number of benzene rings is 1. The maximum Gasteiger partial charge on any atom is 0.253 e. The van der Waals surface area contributed by atoms with Crippen molar-refractivity contribution in [3.05, 3.63) is 69.3 Å². The van der Waals surface area contributed by atoms with E-state index in [1.165, 1.54) is 0 Å². The van der Waals surface area contributed by atoms with Gasteiger partial charge in [-0.15, -0.1) is 0 Å². The molecular weight excluding hydrogens is 278 g/mol. The van der Waals surface area contributed by atoms with E-state index in [0.717, 1.165) is 22.2 Å². The quantitative estimate of drug-likeness (QED) is 0.694. The molecule has 2 aromatic heterocycles. The van der Waals surface area contributed by atoms with Crippen LogP contribution in [-0.2, 0) is 6.54 Å². The van der Waals surface area contributed by atoms with Crippen LogP contribution in [0.4, 0.5) is 0 Å². The van der Waals surface area contributed by atoms with Crippen molar-refractivity contribution in [1.29, 1.82) is 0 Å². The van der Waals surface area contributed by atoms with Gasteiger partial charge >= 0.3 is 0 Å². The van der Waals surface area contributed by atoms with E-state index in [4.69, 9.17) is 0 Å². The van der Waals surface area contributed by atoms with Crippen molar-refractivity contribution in [2.45, 2.75) is 20.4 Å². The molecule has 0 aliphatic carbocycles. The Balaban J connectivity index is 1.83. The van der Waals surface area contributed by atoms with E-state index >= 15 is 0 Å². The number of aryl methyl sites for hydroxylation is 2. The molecule has 0 saturated heterocycles. The molecule has 0 saturated carbocycles. The minimum absolute atomic E-state index is 0.156. The van der Waals surface area contributed by atoms with Gasteiger partial charge in [-0.3, -0.25) is 9.59 Å².